The molecule has 70 valence electrons. The van der Waals surface area contributed by atoms with Crippen LogP contribution in [0.2, 0.25) is 0 Å². The molecule has 0 heterocycles. The van der Waals surface area contributed by atoms with Crippen LogP contribution in [0.25, 0.3) is 0 Å². The summed E-state index contributed by atoms with van der Waals surface area (Å²) in [6.07, 6.45) is 6.36. The van der Waals surface area contributed by atoms with Gasteiger partial charge in [-0.15, -0.1) is 0 Å². The molecule has 0 bridgehead atoms. The average molecular weight is 186 g/mol. The lowest BCUT2D eigenvalue weighted by molar-refractivity contribution is 0.252. The van der Waals surface area contributed by atoms with Crippen molar-refractivity contribution in [2.75, 3.05) is 13.6 Å². The summed E-state index contributed by atoms with van der Waals surface area (Å²) in [7, 11) is 2.17. The molecule has 1 saturated carbocycles. The highest BCUT2D eigenvalue weighted by atomic mass is 32.1. The van der Waals surface area contributed by atoms with Crippen molar-refractivity contribution in [2.24, 2.45) is 5.73 Å². The summed E-state index contributed by atoms with van der Waals surface area (Å²) in [6, 6.07) is 0.791. The predicted molar refractivity (Wildman–Crippen MR) is 56.3 cm³/mol. The van der Waals surface area contributed by atoms with Gasteiger partial charge in [0.15, 0.2) is 0 Å². The maximum Gasteiger partial charge on any atom is 0.0740 e. The van der Waals surface area contributed by atoms with Crippen molar-refractivity contribution in [3.8, 4) is 0 Å². The standard InChI is InChI=1S/C9H18N2S/c1-11(7-6-9(10)12)8-4-2-3-5-8/h8H,2-7H2,1H3,(H2,10,12). The van der Waals surface area contributed by atoms with E-state index in [4.69, 9.17) is 18.0 Å². The minimum atomic E-state index is 0.639. The zero-order chi connectivity index (χ0) is 8.97. The van der Waals surface area contributed by atoms with Gasteiger partial charge in [-0.05, 0) is 19.9 Å². The number of hydrogen-bond acceptors (Lipinski definition) is 2. The molecule has 0 aromatic carbocycles. The summed E-state index contributed by atoms with van der Waals surface area (Å²) in [4.78, 5) is 3.03. The zero-order valence-corrected chi connectivity index (χ0v) is 8.57. The Bertz CT molecular complexity index is 153. The summed E-state index contributed by atoms with van der Waals surface area (Å²) in [5, 5.41) is 0. The third-order valence-electron chi connectivity index (χ3n) is 2.66. The first-order valence-electron chi connectivity index (χ1n) is 4.68. The SMILES string of the molecule is CN(CCC(N)=S)C1CCCC1. The van der Waals surface area contributed by atoms with E-state index in [9.17, 15) is 0 Å². The molecule has 2 N–H and O–H groups in total. The second kappa shape index (κ2) is 4.77. The van der Waals surface area contributed by atoms with Crippen molar-refractivity contribution in [3.05, 3.63) is 0 Å². The van der Waals surface area contributed by atoms with E-state index in [0.717, 1.165) is 19.0 Å². The summed E-state index contributed by atoms with van der Waals surface area (Å²) in [6.45, 7) is 1.03. The molecule has 0 amide bonds. The second-order valence-corrected chi connectivity index (χ2v) is 4.16. The van der Waals surface area contributed by atoms with E-state index in [-0.39, 0.29) is 0 Å². The molecule has 12 heavy (non-hydrogen) atoms. The fraction of sp³-hybridized carbons (Fsp3) is 0.889. The van der Waals surface area contributed by atoms with E-state index in [2.05, 4.69) is 11.9 Å². The van der Waals surface area contributed by atoms with Crippen LogP contribution in [0.15, 0.2) is 0 Å². The third kappa shape index (κ3) is 3.07. The highest BCUT2D eigenvalue weighted by Crippen LogP contribution is 2.22. The molecule has 0 aliphatic heterocycles. The van der Waals surface area contributed by atoms with Gasteiger partial charge in [-0.1, -0.05) is 25.1 Å². The van der Waals surface area contributed by atoms with Crippen molar-refractivity contribution >= 4 is 17.2 Å². The molecule has 0 radical (unpaired) electrons. The molecule has 2 nitrogen and oxygen atoms in total. The monoisotopic (exact) mass is 186 g/mol. The number of rotatable bonds is 4. The molecule has 0 unspecified atom stereocenters. The van der Waals surface area contributed by atoms with Gasteiger partial charge >= 0.3 is 0 Å². The first-order chi connectivity index (χ1) is 5.70. The van der Waals surface area contributed by atoms with Gasteiger partial charge in [0.25, 0.3) is 0 Å². The van der Waals surface area contributed by atoms with E-state index in [1.165, 1.54) is 25.7 Å². The van der Waals surface area contributed by atoms with Gasteiger partial charge in [-0.2, -0.15) is 0 Å². The second-order valence-electron chi connectivity index (χ2n) is 3.64. The Balaban J connectivity index is 2.17. The summed E-state index contributed by atoms with van der Waals surface area (Å²) in [5.41, 5.74) is 5.44. The number of nitrogens with zero attached hydrogens (tertiary/aromatic N) is 1. The van der Waals surface area contributed by atoms with Crippen LogP contribution in [-0.4, -0.2) is 29.5 Å². The lowest BCUT2D eigenvalue weighted by Crippen LogP contribution is -2.31. The van der Waals surface area contributed by atoms with Gasteiger partial charge in [0.05, 0.1) is 4.99 Å². The molecule has 1 rings (SSSR count). The van der Waals surface area contributed by atoms with Crippen LogP contribution in [0, 0.1) is 0 Å². The molecule has 1 aliphatic carbocycles. The highest BCUT2D eigenvalue weighted by Gasteiger charge is 2.18. The summed E-state index contributed by atoms with van der Waals surface area (Å²) in [5.74, 6) is 0. The minimum Gasteiger partial charge on any atom is -0.393 e. The van der Waals surface area contributed by atoms with Gasteiger partial charge in [0.1, 0.15) is 0 Å². The maximum atomic E-state index is 5.44. The van der Waals surface area contributed by atoms with Gasteiger partial charge in [-0.3, -0.25) is 0 Å². The van der Waals surface area contributed by atoms with E-state index in [1.807, 2.05) is 0 Å². The molecule has 0 aromatic heterocycles. The topological polar surface area (TPSA) is 29.3 Å². The Labute approximate surface area is 80.1 Å². The molecular weight excluding hydrogens is 168 g/mol. The van der Waals surface area contributed by atoms with Crippen molar-refractivity contribution in [3.63, 3.8) is 0 Å². The first-order valence-corrected chi connectivity index (χ1v) is 5.09. The Morgan fingerprint density at radius 3 is 2.58 bits per heavy atom. The van der Waals surface area contributed by atoms with Crippen LogP contribution < -0.4 is 5.73 Å². The predicted octanol–water partition coefficient (Wildman–Crippen LogP) is 1.54. The summed E-state index contributed by atoms with van der Waals surface area (Å²) >= 11 is 4.84. The quantitative estimate of drug-likeness (QED) is 0.675. The molecule has 0 aromatic rings. The third-order valence-corrected chi connectivity index (χ3v) is 2.86. The zero-order valence-electron chi connectivity index (χ0n) is 7.75. The van der Waals surface area contributed by atoms with Gasteiger partial charge in [-0.25, -0.2) is 0 Å². The molecule has 1 aliphatic rings. The van der Waals surface area contributed by atoms with Crippen LogP contribution in [0.1, 0.15) is 32.1 Å². The fourth-order valence-corrected chi connectivity index (χ4v) is 1.91. The van der Waals surface area contributed by atoms with Gasteiger partial charge < -0.3 is 10.6 Å². The van der Waals surface area contributed by atoms with E-state index in [1.54, 1.807) is 0 Å². The van der Waals surface area contributed by atoms with Crippen LogP contribution in [-0.2, 0) is 0 Å². The molecule has 0 spiro atoms. The average Bonchev–Trinajstić information content (AvgIpc) is 2.51. The van der Waals surface area contributed by atoms with Gasteiger partial charge in [0, 0.05) is 19.0 Å². The summed E-state index contributed by atoms with van der Waals surface area (Å²) < 4.78 is 0. The van der Waals surface area contributed by atoms with Crippen LogP contribution in [0.4, 0.5) is 0 Å². The van der Waals surface area contributed by atoms with Crippen LogP contribution >= 0.6 is 12.2 Å². The largest absolute Gasteiger partial charge is 0.393 e. The van der Waals surface area contributed by atoms with Crippen molar-refractivity contribution < 1.29 is 0 Å². The molecule has 0 atom stereocenters. The normalized spacial score (nSPS) is 18.8. The Hall–Kier alpha value is -0.150. The molecule has 3 heteroatoms. The van der Waals surface area contributed by atoms with Crippen LogP contribution in [0.5, 0.6) is 0 Å². The first kappa shape index (κ1) is 9.93. The fourth-order valence-electron chi connectivity index (χ4n) is 1.81. The lowest BCUT2D eigenvalue weighted by atomic mass is 10.2. The highest BCUT2D eigenvalue weighted by molar-refractivity contribution is 7.80. The van der Waals surface area contributed by atoms with Crippen molar-refractivity contribution in [1.29, 1.82) is 0 Å². The van der Waals surface area contributed by atoms with Crippen molar-refractivity contribution in [1.82, 2.24) is 4.90 Å². The molecular formula is C9H18N2S. The molecule has 0 saturated heterocycles. The molecule has 1 fully saturated rings. The Morgan fingerprint density at radius 1 is 1.50 bits per heavy atom. The van der Waals surface area contributed by atoms with Gasteiger partial charge in [0.2, 0.25) is 0 Å². The van der Waals surface area contributed by atoms with Crippen molar-refractivity contribution in [2.45, 2.75) is 38.1 Å². The Morgan fingerprint density at radius 2 is 2.08 bits per heavy atom. The van der Waals surface area contributed by atoms with E-state index in [0.29, 0.717) is 4.99 Å². The minimum absolute atomic E-state index is 0.639. The number of thiocarbonyl (C=S) groups is 1. The van der Waals surface area contributed by atoms with Crippen LogP contribution in [0.3, 0.4) is 0 Å². The number of nitrogens with two attached hydrogens (primary N) is 1. The smallest absolute Gasteiger partial charge is 0.0740 e. The van der Waals surface area contributed by atoms with E-state index < -0.39 is 0 Å². The Kier molecular flexibility index (Phi) is 3.95. The lowest BCUT2D eigenvalue weighted by Gasteiger charge is -2.23. The number of hydrogen-bond donors (Lipinski definition) is 1. The van der Waals surface area contributed by atoms with E-state index >= 15 is 0 Å². The maximum absolute atomic E-state index is 5.44.